The molecule has 25 heavy (non-hydrogen) atoms. The van der Waals surface area contributed by atoms with Crippen LogP contribution in [-0.4, -0.2) is 14.9 Å². The first-order chi connectivity index (χ1) is 11.7. The van der Waals surface area contributed by atoms with Crippen LogP contribution in [0.1, 0.15) is 16.7 Å². The molecule has 0 saturated heterocycles. The fourth-order valence-corrected chi connectivity index (χ4v) is 2.33. The molecular formula is C17H13F3N2O3. The summed E-state index contributed by atoms with van der Waals surface area (Å²) in [4.78, 5) is 11.9. The predicted octanol–water partition coefficient (Wildman–Crippen LogP) is 3.58. The largest absolute Gasteiger partial charge is 0.508 e. The zero-order valence-electron chi connectivity index (χ0n) is 13.0. The Labute approximate surface area is 140 Å². The van der Waals surface area contributed by atoms with Gasteiger partial charge in [0.15, 0.2) is 0 Å². The van der Waals surface area contributed by atoms with Crippen LogP contribution in [0.2, 0.25) is 0 Å². The Bertz CT molecular complexity index is 957. The summed E-state index contributed by atoms with van der Waals surface area (Å²) in [6.07, 6.45) is -4.44. The average molecular weight is 350 g/mol. The van der Waals surface area contributed by atoms with Crippen LogP contribution in [0.15, 0.2) is 51.7 Å². The van der Waals surface area contributed by atoms with Gasteiger partial charge in [-0.25, -0.2) is 4.79 Å². The molecule has 0 aliphatic heterocycles. The monoisotopic (exact) mass is 350 g/mol. The van der Waals surface area contributed by atoms with Crippen LogP contribution >= 0.6 is 0 Å². The Morgan fingerprint density at radius 1 is 1.16 bits per heavy atom. The lowest BCUT2D eigenvalue weighted by Crippen LogP contribution is -2.16. The number of halogens is 3. The molecular weight excluding hydrogens is 337 g/mol. The number of phenolic OH excluding ortho intramolecular Hbond substituents is 1. The van der Waals surface area contributed by atoms with Crippen molar-refractivity contribution in [3.63, 3.8) is 0 Å². The molecule has 0 amide bonds. The van der Waals surface area contributed by atoms with Gasteiger partial charge in [0, 0.05) is 11.1 Å². The second-order valence-electron chi connectivity index (χ2n) is 5.54. The molecule has 2 aromatic carbocycles. The molecule has 0 saturated carbocycles. The molecule has 1 heterocycles. The lowest BCUT2D eigenvalue weighted by atomic mass is 10.1. The van der Waals surface area contributed by atoms with E-state index < -0.39 is 17.5 Å². The average Bonchev–Trinajstić information content (AvgIpc) is 2.91. The minimum Gasteiger partial charge on any atom is -0.508 e. The van der Waals surface area contributed by atoms with Crippen LogP contribution in [-0.2, 0) is 12.7 Å². The SMILES string of the molecule is Cc1ccc(O)c(Cn2nc(-c3ccc(C(F)(F)F)cc3)oc2=O)c1. The number of nitrogens with zero attached hydrogens (tertiary/aromatic N) is 2. The van der Waals surface area contributed by atoms with Crippen LogP contribution in [0.3, 0.4) is 0 Å². The van der Waals surface area contributed by atoms with Crippen LogP contribution < -0.4 is 5.76 Å². The van der Waals surface area contributed by atoms with E-state index in [1.54, 1.807) is 12.1 Å². The van der Waals surface area contributed by atoms with E-state index in [4.69, 9.17) is 4.42 Å². The lowest BCUT2D eigenvalue weighted by Gasteiger charge is -2.06. The van der Waals surface area contributed by atoms with Crippen LogP contribution in [0.25, 0.3) is 11.5 Å². The molecule has 0 unspecified atom stereocenters. The number of aromatic hydroxyl groups is 1. The van der Waals surface area contributed by atoms with Gasteiger partial charge >= 0.3 is 11.9 Å². The van der Waals surface area contributed by atoms with Gasteiger partial charge in [-0.15, -0.1) is 5.10 Å². The predicted molar refractivity (Wildman–Crippen MR) is 83.1 cm³/mol. The van der Waals surface area contributed by atoms with E-state index in [-0.39, 0.29) is 23.7 Å². The number of phenols is 1. The van der Waals surface area contributed by atoms with E-state index in [0.29, 0.717) is 5.56 Å². The third-order valence-corrected chi connectivity index (χ3v) is 3.62. The summed E-state index contributed by atoms with van der Waals surface area (Å²) in [6.45, 7) is 1.82. The Morgan fingerprint density at radius 3 is 2.48 bits per heavy atom. The molecule has 0 radical (unpaired) electrons. The molecule has 0 fully saturated rings. The van der Waals surface area contributed by atoms with Crippen molar-refractivity contribution in [2.24, 2.45) is 0 Å². The lowest BCUT2D eigenvalue weighted by molar-refractivity contribution is -0.137. The number of aromatic nitrogens is 2. The molecule has 1 aromatic heterocycles. The standard InChI is InChI=1S/C17H13F3N2O3/c1-10-2-7-14(23)12(8-10)9-22-16(24)25-15(21-22)11-3-5-13(6-4-11)17(18,19)20/h2-8,23H,9H2,1H3. The number of hydrogen-bond acceptors (Lipinski definition) is 4. The second kappa shape index (κ2) is 6.12. The number of rotatable bonds is 3. The van der Waals surface area contributed by atoms with E-state index in [1.807, 2.05) is 6.92 Å². The van der Waals surface area contributed by atoms with Gasteiger partial charge in [-0.3, -0.25) is 0 Å². The number of hydrogen-bond donors (Lipinski definition) is 1. The zero-order valence-corrected chi connectivity index (χ0v) is 13.0. The van der Waals surface area contributed by atoms with E-state index in [9.17, 15) is 23.1 Å². The molecule has 5 nitrogen and oxygen atoms in total. The van der Waals surface area contributed by atoms with Crippen LogP contribution in [0, 0.1) is 6.92 Å². The highest BCUT2D eigenvalue weighted by atomic mass is 19.4. The first-order valence-electron chi connectivity index (χ1n) is 7.28. The Hall–Kier alpha value is -3.03. The maximum atomic E-state index is 12.6. The summed E-state index contributed by atoms with van der Waals surface area (Å²) < 4.78 is 43.8. The van der Waals surface area contributed by atoms with Gasteiger partial charge in [0.05, 0.1) is 12.1 Å². The molecule has 3 rings (SSSR count). The third-order valence-electron chi connectivity index (χ3n) is 3.62. The first kappa shape index (κ1) is 16.8. The topological polar surface area (TPSA) is 68.3 Å². The van der Waals surface area contributed by atoms with Crippen molar-refractivity contribution >= 4 is 0 Å². The Morgan fingerprint density at radius 2 is 1.84 bits per heavy atom. The molecule has 8 heteroatoms. The first-order valence-corrected chi connectivity index (χ1v) is 7.28. The van der Waals surface area contributed by atoms with E-state index in [2.05, 4.69) is 5.10 Å². The van der Waals surface area contributed by atoms with Gasteiger partial charge < -0.3 is 9.52 Å². The Kier molecular flexibility index (Phi) is 4.12. The van der Waals surface area contributed by atoms with Gasteiger partial charge in [0.25, 0.3) is 0 Å². The minimum absolute atomic E-state index is 0.0107. The molecule has 130 valence electrons. The van der Waals surface area contributed by atoms with Gasteiger partial charge in [-0.05, 0) is 37.3 Å². The van der Waals surface area contributed by atoms with E-state index >= 15 is 0 Å². The number of alkyl halides is 3. The minimum atomic E-state index is -4.44. The number of aryl methyl sites for hydroxylation is 1. The quantitative estimate of drug-likeness (QED) is 0.784. The number of benzene rings is 2. The van der Waals surface area contributed by atoms with Crippen LogP contribution in [0.5, 0.6) is 5.75 Å². The maximum Gasteiger partial charge on any atom is 0.437 e. The van der Waals surface area contributed by atoms with Crippen molar-refractivity contribution in [3.8, 4) is 17.2 Å². The summed E-state index contributed by atoms with van der Waals surface area (Å²) in [7, 11) is 0. The maximum absolute atomic E-state index is 12.6. The zero-order chi connectivity index (χ0) is 18.2. The molecule has 0 spiro atoms. The summed E-state index contributed by atoms with van der Waals surface area (Å²) in [5.74, 6) is -0.849. The fourth-order valence-electron chi connectivity index (χ4n) is 2.33. The second-order valence-corrected chi connectivity index (χ2v) is 5.54. The molecule has 0 aliphatic rings. The summed E-state index contributed by atoms with van der Waals surface area (Å²) in [5.41, 5.74) is 0.821. The van der Waals surface area contributed by atoms with Crippen molar-refractivity contribution in [2.75, 3.05) is 0 Å². The summed E-state index contributed by atoms with van der Waals surface area (Å²) in [6, 6.07) is 9.07. The molecule has 0 aliphatic carbocycles. The van der Waals surface area contributed by atoms with E-state index in [0.717, 1.165) is 22.4 Å². The van der Waals surface area contributed by atoms with Crippen molar-refractivity contribution in [3.05, 3.63) is 69.7 Å². The highest BCUT2D eigenvalue weighted by molar-refractivity contribution is 5.53. The van der Waals surface area contributed by atoms with Gasteiger partial charge in [-0.2, -0.15) is 17.9 Å². The van der Waals surface area contributed by atoms with Gasteiger partial charge in [0.1, 0.15) is 5.75 Å². The van der Waals surface area contributed by atoms with Gasteiger partial charge in [0.2, 0.25) is 5.89 Å². The van der Waals surface area contributed by atoms with Gasteiger partial charge in [-0.1, -0.05) is 17.7 Å². The molecule has 0 bridgehead atoms. The highest BCUT2D eigenvalue weighted by Crippen LogP contribution is 2.30. The van der Waals surface area contributed by atoms with Crippen molar-refractivity contribution in [1.29, 1.82) is 0 Å². The molecule has 0 atom stereocenters. The van der Waals surface area contributed by atoms with Crippen molar-refractivity contribution < 1.29 is 22.7 Å². The summed E-state index contributed by atoms with van der Waals surface area (Å²) in [5, 5.41) is 13.8. The normalized spacial score (nSPS) is 11.7. The smallest absolute Gasteiger partial charge is 0.437 e. The summed E-state index contributed by atoms with van der Waals surface area (Å²) >= 11 is 0. The van der Waals surface area contributed by atoms with Crippen LogP contribution in [0.4, 0.5) is 13.2 Å². The third kappa shape index (κ3) is 3.57. The van der Waals surface area contributed by atoms with E-state index in [1.165, 1.54) is 18.2 Å². The Balaban J connectivity index is 1.90. The van der Waals surface area contributed by atoms with Crippen molar-refractivity contribution in [1.82, 2.24) is 9.78 Å². The molecule has 3 aromatic rings. The fraction of sp³-hybridized carbons (Fsp3) is 0.176. The van der Waals surface area contributed by atoms with Crippen molar-refractivity contribution in [2.45, 2.75) is 19.6 Å². The highest BCUT2D eigenvalue weighted by Gasteiger charge is 2.30. The molecule has 1 N–H and O–H groups in total.